The summed E-state index contributed by atoms with van der Waals surface area (Å²) in [4.78, 5) is 21.9. The highest BCUT2D eigenvalue weighted by Gasteiger charge is 2.24. The predicted octanol–water partition coefficient (Wildman–Crippen LogP) is 5.68. The van der Waals surface area contributed by atoms with E-state index < -0.39 is 0 Å². The number of halogens is 1. The van der Waals surface area contributed by atoms with Crippen molar-refractivity contribution in [1.29, 1.82) is 0 Å². The molecule has 168 valence electrons. The molecule has 7 heteroatoms. The number of carbonyl (C=O) groups excluding carboxylic acids is 1. The summed E-state index contributed by atoms with van der Waals surface area (Å²) in [7, 11) is 0. The summed E-state index contributed by atoms with van der Waals surface area (Å²) in [6, 6.07) is 17.8. The average Bonchev–Trinajstić information content (AvgIpc) is 3.53. The van der Waals surface area contributed by atoms with Crippen LogP contribution in [0.3, 0.4) is 0 Å². The van der Waals surface area contributed by atoms with Crippen molar-refractivity contribution in [1.82, 2.24) is 19.7 Å². The third-order valence-corrected chi connectivity index (χ3v) is 6.02. The largest absolute Gasteiger partial charge is 0.367 e. The van der Waals surface area contributed by atoms with Crippen LogP contribution in [0.5, 0.6) is 0 Å². The van der Waals surface area contributed by atoms with Crippen LogP contribution in [0.25, 0.3) is 28.2 Å². The number of benzene rings is 2. The molecule has 5 rings (SSSR count). The van der Waals surface area contributed by atoms with Crippen molar-refractivity contribution in [2.45, 2.75) is 32.7 Å². The molecular formula is C26H26ClN5O. The minimum atomic E-state index is -0.0315. The van der Waals surface area contributed by atoms with E-state index in [9.17, 15) is 4.79 Å². The Labute approximate surface area is 198 Å². The fourth-order valence-electron chi connectivity index (χ4n) is 3.72. The first kappa shape index (κ1) is 21.5. The Morgan fingerprint density at radius 1 is 1.09 bits per heavy atom. The molecule has 1 saturated carbocycles. The van der Waals surface area contributed by atoms with E-state index in [0.717, 1.165) is 36.2 Å². The second kappa shape index (κ2) is 8.87. The third kappa shape index (κ3) is 4.44. The van der Waals surface area contributed by atoms with Gasteiger partial charge in [0.25, 0.3) is 5.91 Å². The molecule has 33 heavy (non-hydrogen) atoms. The van der Waals surface area contributed by atoms with E-state index in [4.69, 9.17) is 16.6 Å². The normalized spacial score (nSPS) is 13.5. The summed E-state index contributed by atoms with van der Waals surface area (Å²) in [5, 5.41) is 6.95. The molecule has 2 heterocycles. The molecule has 1 fully saturated rings. The number of carbonyl (C=O) groups is 1. The Morgan fingerprint density at radius 3 is 2.48 bits per heavy atom. The van der Waals surface area contributed by atoms with E-state index >= 15 is 0 Å². The van der Waals surface area contributed by atoms with Gasteiger partial charge in [0.2, 0.25) is 0 Å². The highest BCUT2D eigenvalue weighted by molar-refractivity contribution is 6.32. The van der Waals surface area contributed by atoms with Gasteiger partial charge < -0.3 is 10.6 Å². The number of hydrogen-bond acceptors (Lipinski definition) is 4. The smallest absolute Gasteiger partial charge is 0.251 e. The van der Waals surface area contributed by atoms with E-state index in [0.29, 0.717) is 39.8 Å². The lowest BCUT2D eigenvalue weighted by atomic mass is 10.1. The maximum Gasteiger partial charge on any atom is 0.251 e. The molecule has 6 nitrogen and oxygen atoms in total. The van der Waals surface area contributed by atoms with Crippen molar-refractivity contribution < 1.29 is 4.79 Å². The van der Waals surface area contributed by atoms with Crippen LogP contribution in [0.4, 0.5) is 5.82 Å². The molecule has 0 radical (unpaired) electrons. The van der Waals surface area contributed by atoms with Crippen molar-refractivity contribution in [3.63, 3.8) is 0 Å². The van der Waals surface area contributed by atoms with Gasteiger partial charge in [-0.25, -0.2) is 9.97 Å². The standard InChI is InChI=1S/C26H26ClN5O/c1-16(2)14-28-24-25-29-15-21(17-8-10-19(11-9-17)26(33)30-20-12-13-20)32(25)23(27)22(31-24)18-6-4-3-5-7-18/h3-11,15-16,20H,12-14H2,1-2H3,(H,28,31)(H,30,33). The number of anilines is 1. The topological polar surface area (TPSA) is 71.3 Å². The van der Waals surface area contributed by atoms with E-state index in [-0.39, 0.29) is 5.91 Å². The monoisotopic (exact) mass is 459 g/mol. The van der Waals surface area contributed by atoms with Gasteiger partial charge in [-0.1, -0.05) is 67.9 Å². The molecule has 1 aliphatic carbocycles. The molecule has 4 aromatic rings. The fraction of sp³-hybridized carbons (Fsp3) is 0.269. The van der Waals surface area contributed by atoms with Crippen LogP contribution in [0.1, 0.15) is 37.0 Å². The molecule has 1 aliphatic rings. The van der Waals surface area contributed by atoms with Crippen LogP contribution >= 0.6 is 11.6 Å². The Hall–Kier alpha value is -3.38. The van der Waals surface area contributed by atoms with Crippen molar-refractivity contribution in [3.8, 4) is 22.5 Å². The zero-order valence-corrected chi connectivity index (χ0v) is 19.4. The Balaban J connectivity index is 1.59. The van der Waals surface area contributed by atoms with Gasteiger partial charge in [-0.15, -0.1) is 0 Å². The first-order valence-corrected chi connectivity index (χ1v) is 11.7. The van der Waals surface area contributed by atoms with Crippen LogP contribution in [0.15, 0.2) is 60.8 Å². The van der Waals surface area contributed by atoms with E-state index in [1.165, 1.54) is 0 Å². The number of rotatable bonds is 7. The van der Waals surface area contributed by atoms with Crippen LogP contribution in [0.2, 0.25) is 5.15 Å². The van der Waals surface area contributed by atoms with Gasteiger partial charge in [-0.05, 0) is 30.9 Å². The van der Waals surface area contributed by atoms with Crippen molar-refractivity contribution >= 4 is 29.0 Å². The van der Waals surface area contributed by atoms with Gasteiger partial charge in [0.15, 0.2) is 11.5 Å². The number of nitrogens with zero attached hydrogens (tertiary/aromatic N) is 3. The lowest BCUT2D eigenvalue weighted by Gasteiger charge is -2.15. The van der Waals surface area contributed by atoms with Gasteiger partial charge >= 0.3 is 0 Å². The third-order valence-electron chi connectivity index (χ3n) is 5.67. The molecule has 0 saturated heterocycles. The second-order valence-electron chi connectivity index (χ2n) is 8.87. The van der Waals surface area contributed by atoms with Crippen molar-refractivity contribution in [2.24, 2.45) is 5.92 Å². The summed E-state index contributed by atoms with van der Waals surface area (Å²) in [6.07, 6.45) is 3.93. The first-order chi connectivity index (χ1) is 16.0. The second-order valence-corrected chi connectivity index (χ2v) is 9.23. The van der Waals surface area contributed by atoms with Crippen LogP contribution in [-0.2, 0) is 0 Å². The number of nitrogens with one attached hydrogen (secondary N) is 2. The Kier molecular flexibility index (Phi) is 5.77. The number of fused-ring (bicyclic) bond motifs is 1. The van der Waals surface area contributed by atoms with Crippen LogP contribution in [-0.4, -0.2) is 32.9 Å². The molecular weight excluding hydrogens is 434 g/mol. The molecule has 0 aliphatic heterocycles. The van der Waals surface area contributed by atoms with Gasteiger partial charge in [-0.2, -0.15) is 0 Å². The van der Waals surface area contributed by atoms with Crippen LogP contribution in [0, 0.1) is 5.92 Å². The summed E-state index contributed by atoms with van der Waals surface area (Å²) in [5.74, 6) is 1.11. The minimum absolute atomic E-state index is 0.0315. The average molecular weight is 460 g/mol. The summed E-state index contributed by atoms with van der Waals surface area (Å²) < 4.78 is 1.93. The Bertz CT molecular complexity index is 1290. The maximum absolute atomic E-state index is 12.4. The van der Waals surface area contributed by atoms with Crippen molar-refractivity contribution in [2.75, 3.05) is 11.9 Å². The summed E-state index contributed by atoms with van der Waals surface area (Å²) >= 11 is 6.92. The minimum Gasteiger partial charge on any atom is -0.367 e. The Morgan fingerprint density at radius 2 is 1.82 bits per heavy atom. The molecule has 1 amide bonds. The summed E-state index contributed by atoms with van der Waals surface area (Å²) in [5.41, 5.74) is 4.71. The zero-order valence-electron chi connectivity index (χ0n) is 18.7. The highest BCUT2D eigenvalue weighted by Crippen LogP contribution is 2.34. The number of imidazole rings is 1. The lowest BCUT2D eigenvalue weighted by Crippen LogP contribution is -2.25. The molecule has 2 aromatic heterocycles. The maximum atomic E-state index is 12.4. The van der Waals surface area contributed by atoms with Gasteiger partial charge in [0.1, 0.15) is 10.8 Å². The SMILES string of the molecule is CC(C)CNc1nc(-c2ccccc2)c(Cl)n2c(-c3ccc(C(=O)NC4CC4)cc3)cnc12. The molecule has 0 unspecified atom stereocenters. The molecule has 0 bridgehead atoms. The zero-order chi connectivity index (χ0) is 22.9. The van der Waals surface area contributed by atoms with Crippen molar-refractivity contribution in [3.05, 3.63) is 71.5 Å². The molecule has 2 N–H and O–H groups in total. The van der Waals surface area contributed by atoms with Gasteiger partial charge in [0, 0.05) is 29.3 Å². The summed E-state index contributed by atoms with van der Waals surface area (Å²) in [6.45, 7) is 5.07. The first-order valence-electron chi connectivity index (χ1n) is 11.3. The number of hydrogen-bond donors (Lipinski definition) is 2. The molecule has 0 spiro atoms. The number of amides is 1. The molecule has 0 atom stereocenters. The highest BCUT2D eigenvalue weighted by atomic mass is 35.5. The predicted molar refractivity (Wildman–Crippen MR) is 133 cm³/mol. The van der Waals surface area contributed by atoms with Gasteiger partial charge in [-0.3, -0.25) is 9.20 Å². The fourth-order valence-corrected chi connectivity index (χ4v) is 4.05. The number of aromatic nitrogens is 3. The van der Waals surface area contributed by atoms with Gasteiger partial charge in [0.05, 0.1) is 11.9 Å². The quantitative estimate of drug-likeness (QED) is 0.373. The van der Waals surface area contributed by atoms with Crippen LogP contribution < -0.4 is 10.6 Å². The van der Waals surface area contributed by atoms with E-state index in [2.05, 4.69) is 29.5 Å². The van der Waals surface area contributed by atoms with E-state index in [1.807, 2.05) is 59.0 Å². The molecule has 2 aromatic carbocycles. The lowest BCUT2D eigenvalue weighted by molar-refractivity contribution is 0.0951. The van der Waals surface area contributed by atoms with E-state index in [1.54, 1.807) is 6.20 Å².